The SMILES string of the molecule is COC(=O)C(C)CSc1ccc(C#N)nc1. The second kappa shape index (κ2) is 6.13. The van der Waals surface area contributed by atoms with Crippen LogP contribution in [0.4, 0.5) is 0 Å². The van der Waals surface area contributed by atoms with Gasteiger partial charge in [0.25, 0.3) is 0 Å². The summed E-state index contributed by atoms with van der Waals surface area (Å²) in [7, 11) is 1.38. The van der Waals surface area contributed by atoms with Gasteiger partial charge in [-0.1, -0.05) is 6.92 Å². The van der Waals surface area contributed by atoms with Crippen LogP contribution in [0.3, 0.4) is 0 Å². The second-order valence-corrected chi connectivity index (χ2v) is 4.32. The van der Waals surface area contributed by atoms with E-state index in [0.717, 1.165) is 4.90 Å². The average Bonchev–Trinajstić information content (AvgIpc) is 2.35. The first-order valence-electron chi connectivity index (χ1n) is 4.74. The van der Waals surface area contributed by atoms with Gasteiger partial charge in [-0.3, -0.25) is 4.79 Å². The number of ether oxygens (including phenoxy) is 1. The van der Waals surface area contributed by atoms with Gasteiger partial charge in [0.2, 0.25) is 0 Å². The fourth-order valence-electron chi connectivity index (χ4n) is 1.02. The van der Waals surface area contributed by atoms with Gasteiger partial charge in [0.1, 0.15) is 11.8 Å². The van der Waals surface area contributed by atoms with Crippen LogP contribution >= 0.6 is 11.8 Å². The maximum Gasteiger partial charge on any atom is 0.309 e. The number of aromatic nitrogens is 1. The Morgan fingerprint density at radius 3 is 2.94 bits per heavy atom. The molecule has 1 aromatic rings. The molecule has 16 heavy (non-hydrogen) atoms. The van der Waals surface area contributed by atoms with Crippen LogP contribution in [0.5, 0.6) is 0 Å². The zero-order chi connectivity index (χ0) is 12.0. The molecule has 1 unspecified atom stereocenters. The highest BCUT2D eigenvalue weighted by molar-refractivity contribution is 7.99. The smallest absolute Gasteiger partial charge is 0.309 e. The molecule has 84 valence electrons. The van der Waals surface area contributed by atoms with Gasteiger partial charge in [0.05, 0.1) is 13.0 Å². The van der Waals surface area contributed by atoms with Gasteiger partial charge in [-0.05, 0) is 12.1 Å². The summed E-state index contributed by atoms with van der Waals surface area (Å²) in [6.45, 7) is 1.82. The van der Waals surface area contributed by atoms with Crippen molar-refractivity contribution < 1.29 is 9.53 Å². The highest BCUT2D eigenvalue weighted by atomic mass is 32.2. The van der Waals surface area contributed by atoms with Gasteiger partial charge in [-0.2, -0.15) is 5.26 Å². The normalized spacial score (nSPS) is 11.6. The van der Waals surface area contributed by atoms with Gasteiger partial charge in [0, 0.05) is 16.8 Å². The highest BCUT2D eigenvalue weighted by Crippen LogP contribution is 2.20. The van der Waals surface area contributed by atoms with E-state index < -0.39 is 0 Å². The molecule has 0 spiro atoms. The Hall–Kier alpha value is -1.54. The van der Waals surface area contributed by atoms with Gasteiger partial charge in [-0.15, -0.1) is 11.8 Å². The number of carbonyl (C=O) groups excluding carboxylic acids is 1. The molecule has 4 nitrogen and oxygen atoms in total. The maximum absolute atomic E-state index is 11.1. The number of pyridine rings is 1. The predicted octanol–water partition coefficient (Wildman–Crippen LogP) is 1.85. The van der Waals surface area contributed by atoms with Gasteiger partial charge < -0.3 is 4.74 Å². The fraction of sp³-hybridized carbons (Fsp3) is 0.364. The molecule has 0 aliphatic rings. The van der Waals surface area contributed by atoms with Crippen LogP contribution in [0.25, 0.3) is 0 Å². The van der Waals surface area contributed by atoms with Gasteiger partial charge >= 0.3 is 5.97 Å². The van der Waals surface area contributed by atoms with Crippen molar-refractivity contribution in [2.75, 3.05) is 12.9 Å². The number of hydrogen-bond acceptors (Lipinski definition) is 5. The van der Waals surface area contributed by atoms with Crippen molar-refractivity contribution in [3.63, 3.8) is 0 Å². The Balaban J connectivity index is 2.49. The third-order valence-corrected chi connectivity index (χ3v) is 3.20. The van der Waals surface area contributed by atoms with E-state index in [2.05, 4.69) is 9.72 Å². The van der Waals surface area contributed by atoms with Crippen molar-refractivity contribution in [2.24, 2.45) is 5.92 Å². The summed E-state index contributed by atoms with van der Waals surface area (Å²) < 4.78 is 4.63. The molecule has 0 bridgehead atoms. The molecule has 1 rings (SSSR count). The monoisotopic (exact) mass is 236 g/mol. The van der Waals surface area contributed by atoms with E-state index in [-0.39, 0.29) is 11.9 Å². The van der Waals surface area contributed by atoms with Crippen LogP contribution in [0, 0.1) is 17.2 Å². The van der Waals surface area contributed by atoms with Crippen LogP contribution in [-0.2, 0) is 9.53 Å². The maximum atomic E-state index is 11.1. The molecule has 1 atom stereocenters. The van der Waals surface area contributed by atoms with Crippen LogP contribution < -0.4 is 0 Å². The lowest BCUT2D eigenvalue weighted by Gasteiger charge is -2.07. The van der Waals surface area contributed by atoms with E-state index >= 15 is 0 Å². The topological polar surface area (TPSA) is 63.0 Å². The van der Waals surface area contributed by atoms with Crippen molar-refractivity contribution in [2.45, 2.75) is 11.8 Å². The van der Waals surface area contributed by atoms with Crippen LogP contribution in [0.15, 0.2) is 23.2 Å². The number of nitrogens with zero attached hydrogens (tertiary/aromatic N) is 2. The minimum atomic E-state index is -0.214. The molecule has 0 fully saturated rings. The Morgan fingerprint density at radius 2 is 2.44 bits per heavy atom. The number of thioether (sulfide) groups is 1. The molecule has 0 N–H and O–H groups in total. The molecule has 5 heteroatoms. The quantitative estimate of drug-likeness (QED) is 0.589. The van der Waals surface area contributed by atoms with Crippen LogP contribution in [-0.4, -0.2) is 23.8 Å². The first kappa shape index (κ1) is 12.5. The second-order valence-electron chi connectivity index (χ2n) is 3.23. The fourth-order valence-corrected chi connectivity index (χ4v) is 1.89. The molecule has 0 saturated carbocycles. The number of nitriles is 1. The van der Waals surface area contributed by atoms with Gasteiger partial charge in [-0.25, -0.2) is 4.98 Å². The molecule has 0 radical (unpaired) electrons. The van der Waals surface area contributed by atoms with E-state index in [1.54, 1.807) is 12.3 Å². The summed E-state index contributed by atoms with van der Waals surface area (Å²) in [5, 5.41) is 8.57. The Bertz CT molecular complexity index is 397. The number of hydrogen-bond donors (Lipinski definition) is 0. The molecule has 1 heterocycles. The lowest BCUT2D eigenvalue weighted by Crippen LogP contribution is -2.14. The lowest BCUT2D eigenvalue weighted by molar-refractivity contribution is -0.143. The largest absolute Gasteiger partial charge is 0.469 e. The molecule has 0 aromatic carbocycles. The number of carbonyl (C=O) groups is 1. The van der Waals surface area contributed by atoms with Crippen LogP contribution in [0.2, 0.25) is 0 Å². The van der Waals surface area contributed by atoms with Crippen molar-refractivity contribution in [3.05, 3.63) is 24.0 Å². The number of rotatable bonds is 4. The summed E-state index contributed by atoms with van der Waals surface area (Å²) in [6.07, 6.45) is 1.63. The van der Waals surface area contributed by atoms with Crippen LogP contribution in [0.1, 0.15) is 12.6 Å². The summed E-state index contributed by atoms with van der Waals surface area (Å²) in [4.78, 5) is 16.0. The van der Waals surface area contributed by atoms with Crippen molar-refractivity contribution in [1.82, 2.24) is 4.98 Å². The minimum absolute atomic E-state index is 0.148. The lowest BCUT2D eigenvalue weighted by atomic mass is 10.2. The first-order chi connectivity index (χ1) is 7.67. The van der Waals surface area contributed by atoms with Crippen molar-refractivity contribution in [1.29, 1.82) is 5.26 Å². The van der Waals surface area contributed by atoms with E-state index in [0.29, 0.717) is 11.4 Å². The number of esters is 1. The Labute approximate surface area is 98.6 Å². The molecule has 0 aliphatic heterocycles. The van der Waals surface area contributed by atoms with E-state index in [9.17, 15) is 4.79 Å². The van der Waals surface area contributed by atoms with Crippen molar-refractivity contribution >= 4 is 17.7 Å². The average molecular weight is 236 g/mol. The Morgan fingerprint density at radius 1 is 1.69 bits per heavy atom. The van der Waals surface area contributed by atoms with Gasteiger partial charge in [0.15, 0.2) is 0 Å². The summed E-state index contributed by atoms with van der Waals surface area (Å²) in [5.41, 5.74) is 0.394. The van der Waals surface area contributed by atoms with E-state index in [4.69, 9.17) is 5.26 Å². The molecular formula is C11H12N2O2S. The van der Waals surface area contributed by atoms with E-state index in [1.165, 1.54) is 18.9 Å². The third-order valence-electron chi connectivity index (χ3n) is 1.95. The number of methoxy groups -OCH3 is 1. The highest BCUT2D eigenvalue weighted by Gasteiger charge is 2.13. The standard InChI is InChI=1S/C11H12N2O2S/c1-8(11(14)15-2)7-16-10-4-3-9(5-12)13-6-10/h3-4,6,8H,7H2,1-2H3. The summed E-state index contributed by atoms with van der Waals surface area (Å²) >= 11 is 1.52. The zero-order valence-electron chi connectivity index (χ0n) is 9.14. The third kappa shape index (κ3) is 3.55. The van der Waals surface area contributed by atoms with E-state index in [1.807, 2.05) is 19.1 Å². The molecule has 1 aromatic heterocycles. The summed E-state index contributed by atoms with van der Waals surface area (Å²) in [6, 6.07) is 5.43. The molecule has 0 aliphatic carbocycles. The molecular weight excluding hydrogens is 224 g/mol. The predicted molar refractivity (Wildman–Crippen MR) is 60.9 cm³/mol. The zero-order valence-corrected chi connectivity index (χ0v) is 9.95. The minimum Gasteiger partial charge on any atom is -0.469 e. The van der Waals surface area contributed by atoms with Crippen molar-refractivity contribution in [3.8, 4) is 6.07 Å². The Kier molecular flexibility index (Phi) is 4.80. The molecule has 0 saturated heterocycles. The summed E-state index contributed by atoms with van der Waals surface area (Å²) in [5.74, 6) is 0.278. The first-order valence-corrected chi connectivity index (χ1v) is 5.72. The molecule has 0 amide bonds.